The number of ether oxygens (including phenoxy) is 1. The van der Waals surface area contributed by atoms with Crippen LogP contribution >= 0.6 is 0 Å². The monoisotopic (exact) mass is 423 g/mol. The summed E-state index contributed by atoms with van der Waals surface area (Å²) in [6.45, 7) is 1.54. The lowest BCUT2D eigenvalue weighted by atomic mass is 9.88. The van der Waals surface area contributed by atoms with Crippen molar-refractivity contribution in [2.75, 3.05) is 25.5 Å². The molecule has 6 nitrogen and oxygen atoms in total. The van der Waals surface area contributed by atoms with E-state index in [0.717, 1.165) is 43.4 Å². The zero-order chi connectivity index (χ0) is 22.1. The van der Waals surface area contributed by atoms with Crippen LogP contribution in [0, 0.1) is 5.92 Å². The largest absolute Gasteiger partial charge is 0.497 e. The van der Waals surface area contributed by atoms with Crippen molar-refractivity contribution in [1.82, 2.24) is 4.90 Å². The first-order valence-corrected chi connectivity index (χ1v) is 11.1. The highest BCUT2D eigenvalue weighted by molar-refractivity contribution is 5.94. The van der Waals surface area contributed by atoms with Gasteiger partial charge in [-0.05, 0) is 67.8 Å². The van der Waals surface area contributed by atoms with Gasteiger partial charge in [0, 0.05) is 30.3 Å². The third kappa shape index (κ3) is 6.56. The predicted octanol–water partition coefficient (Wildman–Crippen LogP) is 4.21. The zero-order valence-corrected chi connectivity index (χ0v) is 18.3. The Balaban J connectivity index is 1.69. The molecule has 0 aromatic heterocycles. The summed E-state index contributed by atoms with van der Waals surface area (Å²) in [6.07, 6.45) is 6.13. The van der Waals surface area contributed by atoms with Gasteiger partial charge in [0.1, 0.15) is 5.75 Å². The first kappa shape index (κ1) is 22.8. The summed E-state index contributed by atoms with van der Waals surface area (Å²) in [5.41, 5.74) is 8.06. The number of carbonyl (C=O) groups is 2. The molecule has 1 saturated carbocycles. The van der Waals surface area contributed by atoms with Gasteiger partial charge in [-0.3, -0.25) is 9.59 Å². The van der Waals surface area contributed by atoms with Gasteiger partial charge in [-0.2, -0.15) is 0 Å². The summed E-state index contributed by atoms with van der Waals surface area (Å²) in [5, 5.41) is 3.07. The third-order valence-corrected chi connectivity index (χ3v) is 5.80. The van der Waals surface area contributed by atoms with Crippen LogP contribution in [0.3, 0.4) is 0 Å². The minimum Gasteiger partial charge on any atom is -0.497 e. The average molecular weight is 424 g/mol. The molecule has 3 rings (SSSR count). The number of anilines is 1. The molecule has 166 valence electrons. The molecule has 0 spiro atoms. The molecule has 1 aliphatic carbocycles. The standard InChI is InChI=1S/C25H33N3O3/c1-31-23-13-11-21(12-14-23)25(30)28(16-6-15-26)18-19-7-5-10-22(17-19)27-24(29)20-8-3-2-4-9-20/h5,7,10-14,17,20H,2-4,6,8-9,15-16,18,26H2,1H3,(H,27,29). The van der Waals surface area contributed by atoms with Crippen LogP contribution in [0.4, 0.5) is 5.69 Å². The van der Waals surface area contributed by atoms with Gasteiger partial charge < -0.3 is 20.7 Å². The van der Waals surface area contributed by atoms with E-state index in [1.807, 2.05) is 24.3 Å². The molecule has 1 aliphatic rings. The Morgan fingerprint density at radius 1 is 1.10 bits per heavy atom. The Morgan fingerprint density at radius 2 is 1.84 bits per heavy atom. The molecule has 0 aliphatic heterocycles. The predicted molar refractivity (Wildman–Crippen MR) is 123 cm³/mol. The highest BCUT2D eigenvalue weighted by Gasteiger charge is 2.21. The Labute approximate surface area is 184 Å². The van der Waals surface area contributed by atoms with E-state index in [4.69, 9.17) is 10.5 Å². The van der Waals surface area contributed by atoms with E-state index in [2.05, 4.69) is 5.32 Å². The van der Waals surface area contributed by atoms with Gasteiger partial charge >= 0.3 is 0 Å². The normalized spacial score (nSPS) is 14.1. The van der Waals surface area contributed by atoms with Crippen LogP contribution in [0.2, 0.25) is 0 Å². The fourth-order valence-corrected chi connectivity index (χ4v) is 4.03. The Hall–Kier alpha value is -2.86. The van der Waals surface area contributed by atoms with E-state index in [-0.39, 0.29) is 17.7 Å². The second-order valence-electron chi connectivity index (χ2n) is 8.12. The molecule has 31 heavy (non-hydrogen) atoms. The number of amides is 2. The van der Waals surface area contributed by atoms with E-state index in [9.17, 15) is 9.59 Å². The first-order chi connectivity index (χ1) is 15.1. The molecule has 0 unspecified atom stereocenters. The summed E-state index contributed by atoms with van der Waals surface area (Å²) in [7, 11) is 1.60. The molecule has 2 aromatic carbocycles. The molecule has 1 fully saturated rings. The molecule has 3 N–H and O–H groups in total. The fourth-order valence-electron chi connectivity index (χ4n) is 4.03. The fraction of sp³-hybridized carbons (Fsp3) is 0.440. The smallest absolute Gasteiger partial charge is 0.254 e. The van der Waals surface area contributed by atoms with Crippen LogP contribution in [0.1, 0.15) is 54.4 Å². The van der Waals surface area contributed by atoms with Crippen LogP contribution in [0.5, 0.6) is 5.75 Å². The third-order valence-electron chi connectivity index (χ3n) is 5.80. The van der Waals surface area contributed by atoms with Gasteiger partial charge in [0.15, 0.2) is 0 Å². The number of nitrogens with zero attached hydrogens (tertiary/aromatic N) is 1. The van der Waals surface area contributed by atoms with E-state index >= 15 is 0 Å². The Bertz CT molecular complexity index is 861. The minimum absolute atomic E-state index is 0.0484. The van der Waals surface area contributed by atoms with Crippen LogP contribution in [-0.4, -0.2) is 36.9 Å². The maximum atomic E-state index is 13.1. The summed E-state index contributed by atoms with van der Waals surface area (Å²) < 4.78 is 5.18. The molecular formula is C25H33N3O3. The lowest BCUT2D eigenvalue weighted by Gasteiger charge is -2.24. The second-order valence-corrected chi connectivity index (χ2v) is 8.12. The number of nitrogens with one attached hydrogen (secondary N) is 1. The zero-order valence-electron chi connectivity index (χ0n) is 18.3. The topological polar surface area (TPSA) is 84.7 Å². The summed E-state index contributed by atoms with van der Waals surface area (Å²) in [4.78, 5) is 27.5. The maximum absolute atomic E-state index is 13.1. The lowest BCUT2D eigenvalue weighted by molar-refractivity contribution is -0.120. The highest BCUT2D eigenvalue weighted by atomic mass is 16.5. The molecule has 2 aromatic rings. The van der Waals surface area contributed by atoms with E-state index in [1.54, 1.807) is 36.3 Å². The molecule has 0 radical (unpaired) electrons. The van der Waals surface area contributed by atoms with Crippen molar-refractivity contribution in [3.8, 4) is 5.75 Å². The van der Waals surface area contributed by atoms with Crippen molar-refractivity contribution in [2.45, 2.75) is 45.1 Å². The van der Waals surface area contributed by atoms with Gasteiger partial charge in [-0.15, -0.1) is 0 Å². The number of benzene rings is 2. The van der Waals surface area contributed by atoms with Crippen molar-refractivity contribution in [3.63, 3.8) is 0 Å². The van der Waals surface area contributed by atoms with Crippen LogP contribution in [0.25, 0.3) is 0 Å². The number of rotatable bonds is 9. The van der Waals surface area contributed by atoms with Crippen molar-refractivity contribution in [3.05, 3.63) is 59.7 Å². The van der Waals surface area contributed by atoms with Gasteiger partial charge in [-0.25, -0.2) is 0 Å². The summed E-state index contributed by atoms with van der Waals surface area (Å²) in [6, 6.07) is 14.9. The van der Waals surface area contributed by atoms with E-state index in [1.165, 1.54) is 6.42 Å². The number of hydrogen-bond donors (Lipinski definition) is 2. The van der Waals surface area contributed by atoms with Gasteiger partial charge in [0.05, 0.1) is 7.11 Å². The van der Waals surface area contributed by atoms with Crippen LogP contribution < -0.4 is 15.8 Å². The van der Waals surface area contributed by atoms with Gasteiger partial charge in [0.2, 0.25) is 5.91 Å². The summed E-state index contributed by atoms with van der Waals surface area (Å²) >= 11 is 0. The Morgan fingerprint density at radius 3 is 2.52 bits per heavy atom. The Kier molecular flexibility index (Phi) is 8.47. The molecule has 6 heteroatoms. The van der Waals surface area contributed by atoms with Crippen LogP contribution in [0.15, 0.2) is 48.5 Å². The van der Waals surface area contributed by atoms with Crippen LogP contribution in [-0.2, 0) is 11.3 Å². The number of nitrogens with two attached hydrogens (primary N) is 1. The van der Waals surface area contributed by atoms with E-state index in [0.29, 0.717) is 30.9 Å². The molecule has 0 bridgehead atoms. The van der Waals surface area contributed by atoms with Crippen molar-refractivity contribution >= 4 is 17.5 Å². The molecular weight excluding hydrogens is 390 g/mol. The average Bonchev–Trinajstić information content (AvgIpc) is 2.82. The lowest BCUT2D eigenvalue weighted by Crippen LogP contribution is -2.32. The highest BCUT2D eigenvalue weighted by Crippen LogP contribution is 2.25. The van der Waals surface area contributed by atoms with Gasteiger partial charge in [0.25, 0.3) is 5.91 Å². The second kappa shape index (κ2) is 11.5. The quantitative estimate of drug-likeness (QED) is 0.633. The van der Waals surface area contributed by atoms with Crippen molar-refractivity contribution < 1.29 is 14.3 Å². The summed E-state index contributed by atoms with van der Waals surface area (Å²) in [5.74, 6) is 0.875. The van der Waals surface area contributed by atoms with Gasteiger partial charge in [-0.1, -0.05) is 31.4 Å². The van der Waals surface area contributed by atoms with Crippen molar-refractivity contribution in [2.24, 2.45) is 11.7 Å². The molecule has 0 atom stereocenters. The molecule has 0 saturated heterocycles. The number of carbonyl (C=O) groups excluding carboxylic acids is 2. The molecule has 2 amide bonds. The first-order valence-electron chi connectivity index (χ1n) is 11.1. The SMILES string of the molecule is COc1ccc(C(=O)N(CCCN)Cc2cccc(NC(=O)C3CCCCC3)c2)cc1. The van der Waals surface area contributed by atoms with E-state index < -0.39 is 0 Å². The minimum atomic E-state index is -0.0484. The number of methoxy groups -OCH3 is 1. The number of hydrogen-bond acceptors (Lipinski definition) is 4. The maximum Gasteiger partial charge on any atom is 0.254 e. The molecule has 0 heterocycles. The van der Waals surface area contributed by atoms with Crippen molar-refractivity contribution in [1.29, 1.82) is 0 Å².